The number of hydrogen-bond acceptors (Lipinski definition) is 2. The van der Waals surface area contributed by atoms with Gasteiger partial charge in [0.2, 0.25) is 0 Å². The lowest BCUT2D eigenvalue weighted by Gasteiger charge is -2.26. The molecule has 2 amide bonds. The molecule has 1 aromatic carbocycles. The van der Waals surface area contributed by atoms with E-state index in [9.17, 15) is 9.59 Å². The second-order valence-corrected chi connectivity index (χ2v) is 4.11. The molecular formula is C10H9BrN2O2. The number of halogens is 1. The van der Waals surface area contributed by atoms with Crippen molar-refractivity contribution < 1.29 is 9.59 Å². The monoisotopic (exact) mass is 268 g/mol. The molecule has 1 aliphatic heterocycles. The van der Waals surface area contributed by atoms with Gasteiger partial charge >= 0.3 is 11.8 Å². The van der Waals surface area contributed by atoms with Crippen LogP contribution in [0.1, 0.15) is 0 Å². The van der Waals surface area contributed by atoms with Gasteiger partial charge in [0.15, 0.2) is 0 Å². The molecule has 0 spiro atoms. The molecular weight excluding hydrogens is 260 g/mol. The Balaban J connectivity index is 2.30. The van der Waals surface area contributed by atoms with Crippen molar-refractivity contribution in [2.75, 3.05) is 18.0 Å². The molecule has 4 nitrogen and oxygen atoms in total. The Bertz CT molecular complexity index is 420. The van der Waals surface area contributed by atoms with E-state index in [-0.39, 0.29) is 0 Å². The zero-order valence-corrected chi connectivity index (χ0v) is 9.45. The number of carbonyl (C=O) groups excluding carboxylic acids is 2. The maximum atomic E-state index is 11.5. The number of nitrogens with zero attached hydrogens (tertiary/aromatic N) is 1. The first kappa shape index (κ1) is 10.2. The van der Waals surface area contributed by atoms with Crippen LogP contribution in [0.3, 0.4) is 0 Å². The second kappa shape index (κ2) is 4.02. The van der Waals surface area contributed by atoms with Crippen molar-refractivity contribution >= 4 is 33.4 Å². The van der Waals surface area contributed by atoms with Gasteiger partial charge in [-0.3, -0.25) is 9.59 Å². The normalized spacial score (nSPS) is 16.5. The minimum absolute atomic E-state index is 0.497. The summed E-state index contributed by atoms with van der Waals surface area (Å²) in [5.41, 5.74) is 0.740. The maximum Gasteiger partial charge on any atom is 0.316 e. The van der Waals surface area contributed by atoms with E-state index in [0.717, 1.165) is 10.2 Å². The number of piperazine rings is 1. The summed E-state index contributed by atoms with van der Waals surface area (Å²) in [6.07, 6.45) is 0. The van der Waals surface area contributed by atoms with Crippen molar-refractivity contribution in [2.24, 2.45) is 0 Å². The van der Waals surface area contributed by atoms with Gasteiger partial charge in [-0.25, -0.2) is 0 Å². The van der Waals surface area contributed by atoms with Crippen LogP contribution in [0.15, 0.2) is 28.7 Å². The third-order valence-corrected chi connectivity index (χ3v) is 2.67. The van der Waals surface area contributed by atoms with Gasteiger partial charge in [0.25, 0.3) is 0 Å². The molecule has 15 heavy (non-hydrogen) atoms. The summed E-state index contributed by atoms with van der Waals surface area (Å²) in [6.45, 7) is 1.01. The topological polar surface area (TPSA) is 49.4 Å². The Kier molecular flexibility index (Phi) is 2.73. The smallest absolute Gasteiger partial charge is 0.316 e. The van der Waals surface area contributed by atoms with Crippen molar-refractivity contribution in [3.63, 3.8) is 0 Å². The highest BCUT2D eigenvalue weighted by Gasteiger charge is 2.26. The molecule has 78 valence electrons. The van der Waals surface area contributed by atoms with E-state index in [1.807, 2.05) is 18.2 Å². The zero-order chi connectivity index (χ0) is 10.8. The summed E-state index contributed by atoms with van der Waals surface area (Å²) in [5, 5.41) is 2.50. The minimum Gasteiger partial charge on any atom is -0.346 e. The lowest BCUT2D eigenvalue weighted by atomic mass is 10.2. The van der Waals surface area contributed by atoms with Crippen LogP contribution in [0.5, 0.6) is 0 Å². The van der Waals surface area contributed by atoms with Gasteiger partial charge in [0, 0.05) is 23.2 Å². The Labute approximate surface area is 95.4 Å². The van der Waals surface area contributed by atoms with Crippen molar-refractivity contribution in [2.45, 2.75) is 0 Å². The fourth-order valence-electron chi connectivity index (χ4n) is 1.47. The molecule has 1 aromatic rings. The molecule has 2 rings (SSSR count). The molecule has 0 aromatic heterocycles. The van der Waals surface area contributed by atoms with Crippen LogP contribution in [0, 0.1) is 0 Å². The Morgan fingerprint density at radius 2 is 2.13 bits per heavy atom. The van der Waals surface area contributed by atoms with Gasteiger partial charge in [-0.2, -0.15) is 0 Å². The van der Waals surface area contributed by atoms with Crippen LogP contribution in [0.4, 0.5) is 5.69 Å². The average Bonchev–Trinajstić information content (AvgIpc) is 2.22. The van der Waals surface area contributed by atoms with E-state index in [0.29, 0.717) is 13.1 Å². The summed E-state index contributed by atoms with van der Waals surface area (Å²) in [5.74, 6) is -1.04. The van der Waals surface area contributed by atoms with Gasteiger partial charge in [0.1, 0.15) is 0 Å². The lowest BCUT2D eigenvalue weighted by Crippen LogP contribution is -2.52. The van der Waals surface area contributed by atoms with Crippen LogP contribution >= 0.6 is 15.9 Å². The lowest BCUT2D eigenvalue weighted by molar-refractivity contribution is -0.138. The number of carbonyl (C=O) groups is 2. The molecule has 0 saturated carbocycles. The van der Waals surface area contributed by atoms with E-state index in [1.165, 1.54) is 4.90 Å². The molecule has 0 aliphatic carbocycles. The molecule has 0 bridgehead atoms. The number of anilines is 1. The van der Waals surface area contributed by atoms with Crippen molar-refractivity contribution in [1.29, 1.82) is 0 Å². The van der Waals surface area contributed by atoms with Gasteiger partial charge in [-0.1, -0.05) is 22.0 Å². The summed E-state index contributed by atoms with van der Waals surface area (Å²) in [4.78, 5) is 24.2. The quantitative estimate of drug-likeness (QED) is 0.770. The third-order valence-electron chi connectivity index (χ3n) is 2.18. The molecule has 1 N–H and O–H groups in total. The molecule has 0 radical (unpaired) electrons. The number of nitrogens with one attached hydrogen (secondary N) is 1. The molecule has 1 saturated heterocycles. The molecule has 0 atom stereocenters. The Morgan fingerprint density at radius 1 is 1.33 bits per heavy atom. The molecule has 0 unspecified atom stereocenters. The van der Waals surface area contributed by atoms with Crippen LogP contribution < -0.4 is 10.2 Å². The van der Waals surface area contributed by atoms with E-state index >= 15 is 0 Å². The van der Waals surface area contributed by atoms with Crippen molar-refractivity contribution in [1.82, 2.24) is 5.32 Å². The highest BCUT2D eigenvalue weighted by Crippen LogP contribution is 2.20. The number of hydrogen-bond donors (Lipinski definition) is 1. The first-order chi connectivity index (χ1) is 7.18. The van der Waals surface area contributed by atoms with Crippen LogP contribution in [0.2, 0.25) is 0 Å². The highest BCUT2D eigenvalue weighted by molar-refractivity contribution is 9.10. The minimum atomic E-state index is -0.541. The SMILES string of the molecule is O=C1NCCN(c2cccc(Br)c2)C1=O. The van der Waals surface area contributed by atoms with Crippen molar-refractivity contribution in [3.8, 4) is 0 Å². The van der Waals surface area contributed by atoms with Crippen molar-refractivity contribution in [3.05, 3.63) is 28.7 Å². The van der Waals surface area contributed by atoms with Crippen LogP contribution in [0.25, 0.3) is 0 Å². The molecule has 1 aliphatic rings. The van der Waals surface area contributed by atoms with E-state index in [4.69, 9.17) is 0 Å². The van der Waals surface area contributed by atoms with Crippen LogP contribution in [-0.2, 0) is 9.59 Å². The first-order valence-electron chi connectivity index (χ1n) is 4.54. The summed E-state index contributed by atoms with van der Waals surface area (Å²) in [7, 11) is 0. The third kappa shape index (κ3) is 2.02. The fourth-order valence-corrected chi connectivity index (χ4v) is 1.86. The van der Waals surface area contributed by atoms with E-state index < -0.39 is 11.8 Å². The average molecular weight is 269 g/mol. The van der Waals surface area contributed by atoms with Gasteiger partial charge in [0.05, 0.1) is 0 Å². The van der Waals surface area contributed by atoms with Gasteiger partial charge in [-0.15, -0.1) is 0 Å². The van der Waals surface area contributed by atoms with Gasteiger partial charge < -0.3 is 10.2 Å². The standard InChI is InChI=1S/C10H9BrN2O2/c11-7-2-1-3-8(6-7)13-5-4-12-9(14)10(13)15/h1-3,6H,4-5H2,(H,12,14). The van der Waals surface area contributed by atoms with E-state index in [1.54, 1.807) is 6.07 Å². The second-order valence-electron chi connectivity index (χ2n) is 3.19. The first-order valence-corrected chi connectivity index (χ1v) is 5.33. The largest absolute Gasteiger partial charge is 0.346 e. The predicted octanol–water partition coefficient (Wildman–Crippen LogP) is 0.912. The Hall–Kier alpha value is -1.36. The Morgan fingerprint density at radius 3 is 2.87 bits per heavy atom. The van der Waals surface area contributed by atoms with Crippen LogP contribution in [-0.4, -0.2) is 24.9 Å². The predicted molar refractivity (Wildman–Crippen MR) is 59.5 cm³/mol. The van der Waals surface area contributed by atoms with E-state index in [2.05, 4.69) is 21.2 Å². The summed E-state index contributed by atoms with van der Waals surface area (Å²) < 4.78 is 0.888. The molecule has 1 heterocycles. The molecule has 5 heteroatoms. The number of rotatable bonds is 1. The fraction of sp³-hybridized carbons (Fsp3) is 0.200. The summed E-state index contributed by atoms with van der Waals surface area (Å²) in [6, 6.07) is 7.33. The number of amides is 2. The maximum absolute atomic E-state index is 11.5. The number of benzene rings is 1. The zero-order valence-electron chi connectivity index (χ0n) is 7.87. The van der Waals surface area contributed by atoms with Gasteiger partial charge in [-0.05, 0) is 18.2 Å². The molecule has 1 fully saturated rings. The highest BCUT2D eigenvalue weighted by atomic mass is 79.9. The summed E-state index contributed by atoms with van der Waals surface area (Å²) >= 11 is 3.33.